The van der Waals surface area contributed by atoms with Gasteiger partial charge in [-0.2, -0.15) is 0 Å². The lowest BCUT2D eigenvalue weighted by Gasteiger charge is -2.26. The van der Waals surface area contributed by atoms with Gasteiger partial charge in [-0.05, 0) is 46.1 Å². The van der Waals surface area contributed by atoms with Crippen molar-refractivity contribution in [3.63, 3.8) is 0 Å². The summed E-state index contributed by atoms with van der Waals surface area (Å²) < 4.78 is 0. The van der Waals surface area contributed by atoms with Crippen LogP contribution < -0.4 is 10.6 Å². The van der Waals surface area contributed by atoms with Crippen LogP contribution in [0.25, 0.3) is 0 Å². The molecule has 0 bridgehead atoms. The van der Waals surface area contributed by atoms with Crippen LogP contribution in [0.5, 0.6) is 0 Å². The van der Waals surface area contributed by atoms with E-state index in [4.69, 9.17) is 0 Å². The summed E-state index contributed by atoms with van der Waals surface area (Å²) in [5, 5.41) is 6.35. The zero-order chi connectivity index (χ0) is 12.2. The van der Waals surface area contributed by atoms with Gasteiger partial charge in [-0.15, -0.1) is 0 Å². The lowest BCUT2D eigenvalue weighted by Crippen LogP contribution is -2.50. The van der Waals surface area contributed by atoms with Gasteiger partial charge in [0.1, 0.15) is 0 Å². The predicted octanol–water partition coefficient (Wildman–Crippen LogP) is 2.07. The first-order valence-electron chi connectivity index (χ1n) is 6.50. The number of hydrogen-bond acceptors (Lipinski definition) is 2. The van der Waals surface area contributed by atoms with Crippen molar-refractivity contribution in [3.05, 3.63) is 0 Å². The number of rotatable bonds is 7. The van der Waals surface area contributed by atoms with Gasteiger partial charge in [-0.1, -0.05) is 19.8 Å². The standard InChI is InChI=1S/C13H26N2O/c1-5-13(3,4)15-12(16)10(2)14-9-8-11-6-7-11/h10-11,14H,5-9H2,1-4H3,(H,15,16). The van der Waals surface area contributed by atoms with Crippen LogP contribution in [0.4, 0.5) is 0 Å². The third-order valence-corrected chi connectivity index (χ3v) is 3.44. The second kappa shape index (κ2) is 5.67. The van der Waals surface area contributed by atoms with Crippen molar-refractivity contribution in [2.75, 3.05) is 6.54 Å². The molecule has 1 fully saturated rings. The second-order valence-corrected chi connectivity index (χ2v) is 5.63. The van der Waals surface area contributed by atoms with Crippen molar-refractivity contribution < 1.29 is 4.79 Å². The van der Waals surface area contributed by atoms with E-state index in [2.05, 4.69) is 31.4 Å². The molecule has 94 valence electrons. The molecule has 1 unspecified atom stereocenters. The zero-order valence-corrected chi connectivity index (χ0v) is 11.1. The Labute approximate surface area is 99.4 Å². The molecule has 0 radical (unpaired) electrons. The van der Waals surface area contributed by atoms with Gasteiger partial charge in [-0.3, -0.25) is 4.79 Å². The molecule has 1 aliphatic rings. The fraction of sp³-hybridized carbons (Fsp3) is 0.923. The lowest BCUT2D eigenvalue weighted by molar-refractivity contribution is -0.124. The second-order valence-electron chi connectivity index (χ2n) is 5.63. The maximum absolute atomic E-state index is 11.8. The monoisotopic (exact) mass is 226 g/mol. The molecular formula is C13H26N2O. The Morgan fingerprint density at radius 1 is 1.44 bits per heavy atom. The highest BCUT2D eigenvalue weighted by Gasteiger charge is 2.23. The van der Waals surface area contributed by atoms with Gasteiger partial charge < -0.3 is 10.6 Å². The molecule has 0 saturated heterocycles. The fourth-order valence-corrected chi connectivity index (χ4v) is 1.53. The van der Waals surface area contributed by atoms with E-state index in [1.165, 1.54) is 19.3 Å². The number of hydrogen-bond donors (Lipinski definition) is 2. The first-order valence-corrected chi connectivity index (χ1v) is 6.50. The highest BCUT2D eigenvalue weighted by molar-refractivity contribution is 5.81. The van der Waals surface area contributed by atoms with E-state index in [9.17, 15) is 4.79 Å². The Bertz CT molecular complexity index is 234. The Kier molecular flexibility index (Phi) is 4.78. The first-order chi connectivity index (χ1) is 7.44. The number of carbonyl (C=O) groups is 1. The molecule has 0 spiro atoms. The molecule has 3 nitrogen and oxygen atoms in total. The molecular weight excluding hydrogens is 200 g/mol. The van der Waals surface area contributed by atoms with Gasteiger partial charge >= 0.3 is 0 Å². The molecule has 1 atom stereocenters. The van der Waals surface area contributed by atoms with Crippen LogP contribution in [0.1, 0.15) is 53.4 Å². The van der Waals surface area contributed by atoms with E-state index in [-0.39, 0.29) is 17.5 Å². The minimum atomic E-state index is -0.0937. The zero-order valence-electron chi connectivity index (χ0n) is 11.1. The van der Waals surface area contributed by atoms with Crippen LogP contribution in [0.3, 0.4) is 0 Å². The Hall–Kier alpha value is -0.570. The molecule has 0 aromatic carbocycles. The van der Waals surface area contributed by atoms with Gasteiger partial charge in [0.2, 0.25) is 5.91 Å². The Balaban J connectivity index is 2.18. The Morgan fingerprint density at radius 2 is 2.06 bits per heavy atom. The van der Waals surface area contributed by atoms with Crippen molar-refractivity contribution in [3.8, 4) is 0 Å². The van der Waals surface area contributed by atoms with E-state index in [1.54, 1.807) is 0 Å². The van der Waals surface area contributed by atoms with Gasteiger partial charge in [0.25, 0.3) is 0 Å². The fourth-order valence-electron chi connectivity index (χ4n) is 1.53. The average Bonchev–Trinajstić information content (AvgIpc) is 3.01. The molecule has 16 heavy (non-hydrogen) atoms. The van der Waals surface area contributed by atoms with Crippen LogP contribution in [0.2, 0.25) is 0 Å². The summed E-state index contributed by atoms with van der Waals surface area (Å²) in [6.45, 7) is 9.11. The Morgan fingerprint density at radius 3 is 2.56 bits per heavy atom. The average molecular weight is 226 g/mol. The summed E-state index contributed by atoms with van der Waals surface area (Å²) in [5.41, 5.74) is -0.0937. The number of nitrogens with one attached hydrogen (secondary N) is 2. The molecule has 0 heterocycles. The maximum Gasteiger partial charge on any atom is 0.237 e. The minimum Gasteiger partial charge on any atom is -0.350 e. The maximum atomic E-state index is 11.8. The highest BCUT2D eigenvalue weighted by Crippen LogP contribution is 2.31. The van der Waals surface area contributed by atoms with Crippen molar-refractivity contribution in [2.24, 2.45) is 5.92 Å². The lowest BCUT2D eigenvalue weighted by atomic mass is 10.0. The third-order valence-electron chi connectivity index (χ3n) is 3.44. The first kappa shape index (κ1) is 13.5. The van der Waals surface area contributed by atoms with Gasteiger partial charge in [0.05, 0.1) is 6.04 Å². The SMILES string of the molecule is CCC(C)(C)NC(=O)C(C)NCCC1CC1. The van der Waals surface area contributed by atoms with Crippen LogP contribution >= 0.6 is 0 Å². The van der Waals surface area contributed by atoms with E-state index >= 15 is 0 Å². The third kappa shape index (κ3) is 4.97. The molecule has 0 aromatic rings. The van der Waals surface area contributed by atoms with Gasteiger partial charge in [0.15, 0.2) is 0 Å². The molecule has 1 rings (SSSR count). The highest BCUT2D eigenvalue weighted by atomic mass is 16.2. The molecule has 3 heteroatoms. The smallest absolute Gasteiger partial charge is 0.237 e. The molecule has 1 amide bonds. The summed E-state index contributed by atoms with van der Waals surface area (Å²) >= 11 is 0. The minimum absolute atomic E-state index is 0.0791. The van der Waals surface area contributed by atoms with Gasteiger partial charge in [-0.25, -0.2) is 0 Å². The van der Waals surface area contributed by atoms with Gasteiger partial charge in [0, 0.05) is 5.54 Å². The summed E-state index contributed by atoms with van der Waals surface area (Å²) in [6, 6.07) is -0.0791. The summed E-state index contributed by atoms with van der Waals surface area (Å²) in [4.78, 5) is 11.8. The molecule has 0 aromatic heterocycles. The van der Waals surface area contributed by atoms with E-state index in [0.29, 0.717) is 0 Å². The van der Waals surface area contributed by atoms with Crippen LogP contribution in [0, 0.1) is 5.92 Å². The number of carbonyl (C=O) groups excluding carboxylic acids is 1. The molecule has 1 saturated carbocycles. The quantitative estimate of drug-likeness (QED) is 0.698. The van der Waals surface area contributed by atoms with E-state index in [0.717, 1.165) is 18.9 Å². The molecule has 0 aliphatic heterocycles. The van der Waals surface area contributed by atoms with Crippen LogP contribution in [-0.2, 0) is 4.79 Å². The summed E-state index contributed by atoms with van der Waals surface area (Å²) in [6.07, 6.45) is 4.93. The van der Waals surface area contributed by atoms with Crippen molar-refractivity contribution in [1.29, 1.82) is 0 Å². The summed E-state index contributed by atoms with van der Waals surface area (Å²) in [5.74, 6) is 1.04. The summed E-state index contributed by atoms with van der Waals surface area (Å²) in [7, 11) is 0. The van der Waals surface area contributed by atoms with E-state index in [1.807, 2.05) is 6.92 Å². The molecule has 1 aliphatic carbocycles. The van der Waals surface area contributed by atoms with Crippen LogP contribution in [0.15, 0.2) is 0 Å². The van der Waals surface area contributed by atoms with Crippen molar-refractivity contribution >= 4 is 5.91 Å². The number of amides is 1. The molecule has 2 N–H and O–H groups in total. The van der Waals surface area contributed by atoms with Crippen molar-refractivity contribution in [2.45, 2.75) is 65.0 Å². The normalized spacial score (nSPS) is 18.2. The van der Waals surface area contributed by atoms with E-state index < -0.39 is 0 Å². The topological polar surface area (TPSA) is 41.1 Å². The largest absolute Gasteiger partial charge is 0.350 e. The van der Waals surface area contributed by atoms with Crippen molar-refractivity contribution in [1.82, 2.24) is 10.6 Å². The van der Waals surface area contributed by atoms with Crippen LogP contribution in [-0.4, -0.2) is 24.0 Å². The predicted molar refractivity (Wildman–Crippen MR) is 67.3 cm³/mol.